The summed E-state index contributed by atoms with van der Waals surface area (Å²) in [5.41, 5.74) is 3.78. The maximum atomic E-state index is 12.1. The Morgan fingerprint density at radius 3 is 2.62 bits per heavy atom. The quantitative estimate of drug-likeness (QED) is 0.523. The van der Waals surface area contributed by atoms with Crippen LogP contribution in [0.2, 0.25) is 0 Å². The summed E-state index contributed by atoms with van der Waals surface area (Å²) in [4.78, 5) is 17.0. The molecule has 152 valence electrons. The molecule has 0 radical (unpaired) electrons. The van der Waals surface area contributed by atoms with Crippen LogP contribution in [0.5, 0.6) is 11.5 Å². The van der Waals surface area contributed by atoms with E-state index >= 15 is 0 Å². The van der Waals surface area contributed by atoms with Crippen LogP contribution in [0.1, 0.15) is 38.3 Å². The number of thiazole rings is 1. The van der Waals surface area contributed by atoms with Crippen LogP contribution in [0.25, 0.3) is 20.8 Å². The zero-order chi connectivity index (χ0) is 20.6. The monoisotopic (exact) mass is 411 g/mol. The molecule has 5 nitrogen and oxygen atoms in total. The lowest BCUT2D eigenvalue weighted by Gasteiger charge is -2.25. The van der Waals surface area contributed by atoms with Gasteiger partial charge in [-0.1, -0.05) is 0 Å². The molecule has 6 heteroatoms. The van der Waals surface area contributed by atoms with Gasteiger partial charge in [-0.05, 0) is 81.5 Å². The average molecular weight is 412 g/mol. The highest BCUT2D eigenvalue weighted by Crippen LogP contribution is 2.38. The van der Waals surface area contributed by atoms with Crippen LogP contribution in [0.15, 0.2) is 30.3 Å². The van der Waals surface area contributed by atoms with Crippen LogP contribution in [-0.4, -0.2) is 30.3 Å². The molecule has 0 fully saturated rings. The molecule has 2 aromatic carbocycles. The predicted molar refractivity (Wildman–Crippen MR) is 115 cm³/mol. The molecular formula is C23H25NO4S. The van der Waals surface area contributed by atoms with Gasteiger partial charge in [0.15, 0.2) is 17.1 Å². The lowest BCUT2D eigenvalue weighted by molar-refractivity contribution is -0.158. The molecule has 3 aromatic rings. The van der Waals surface area contributed by atoms with Gasteiger partial charge in [0, 0.05) is 5.56 Å². The van der Waals surface area contributed by atoms with Crippen LogP contribution in [0.4, 0.5) is 0 Å². The van der Waals surface area contributed by atoms with Gasteiger partial charge in [0.1, 0.15) is 5.01 Å². The van der Waals surface area contributed by atoms with Crippen molar-refractivity contribution < 1.29 is 19.0 Å². The first-order chi connectivity index (χ1) is 13.9. The Hall–Kier alpha value is -2.60. The predicted octanol–water partition coefficient (Wildman–Crippen LogP) is 5.18. The Morgan fingerprint density at radius 2 is 1.90 bits per heavy atom. The molecule has 0 saturated carbocycles. The van der Waals surface area contributed by atoms with E-state index in [9.17, 15) is 4.79 Å². The number of carbonyl (C=O) groups is 1. The summed E-state index contributed by atoms with van der Waals surface area (Å²) in [6.45, 7) is 5.45. The van der Waals surface area contributed by atoms with E-state index in [1.807, 2.05) is 18.2 Å². The van der Waals surface area contributed by atoms with E-state index in [1.165, 1.54) is 22.2 Å². The van der Waals surface area contributed by atoms with E-state index in [-0.39, 0.29) is 0 Å². The van der Waals surface area contributed by atoms with Crippen LogP contribution in [0, 0.1) is 0 Å². The number of carbonyl (C=O) groups excluding carboxylic acids is 1. The van der Waals surface area contributed by atoms with Crippen molar-refractivity contribution in [1.82, 2.24) is 4.98 Å². The number of rotatable bonds is 6. The summed E-state index contributed by atoms with van der Waals surface area (Å²) in [7, 11) is 1.59. The molecule has 29 heavy (non-hydrogen) atoms. The van der Waals surface area contributed by atoms with Crippen molar-refractivity contribution >= 4 is 27.5 Å². The van der Waals surface area contributed by atoms with E-state index in [4.69, 9.17) is 19.2 Å². The summed E-state index contributed by atoms with van der Waals surface area (Å²) in [5, 5.41) is 0.943. The lowest BCUT2D eigenvalue weighted by atomic mass is 10.1. The smallest absolute Gasteiger partial charge is 0.349 e. The lowest BCUT2D eigenvalue weighted by Crippen LogP contribution is -2.39. The van der Waals surface area contributed by atoms with Gasteiger partial charge in [-0.2, -0.15) is 0 Å². The Labute approximate surface area is 174 Å². The maximum Gasteiger partial charge on any atom is 0.349 e. The molecule has 0 atom stereocenters. The van der Waals surface area contributed by atoms with Gasteiger partial charge in [-0.3, -0.25) is 0 Å². The summed E-state index contributed by atoms with van der Waals surface area (Å²) in [5.74, 6) is 0.640. The average Bonchev–Trinajstić information content (AvgIpc) is 3.32. The largest absolute Gasteiger partial charge is 0.493 e. The van der Waals surface area contributed by atoms with E-state index < -0.39 is 11.6 Å². The van der Waals surface area contributed by atoms with Gasteiger partial charge < -0.3 is 14.2 Å². The minimum atomic E-state index is -1.11. The van der Waals surface area contributed by atoms with Crippen molar-refractivity contribution in [3.63, 3.8) is 0 Å². The topological polar surface area (TPSA) is 57.7 Å². The van der Waals surface area contributed by atoms with Crippen LogP contribution in [-0.2, 0) is 22.4 Å². The third kappa shape index (κ3) is 3.81. The SMILES string of the molecule is CCOC(=O)C(C)(C)Oc1ccc(-c2nc3cc4c(cc3s2)CCC4)cc1OC. The third-order valence-electron chi connectivity index (χ3n) is 5.14. The number of methoxy groups -OCH3 is 1. The first kappa shape index (κ1) is 19.7. The highest BCUT2D eigenvalue weighted by molar-refractivity contribution is 7.21. The minimum Gasteiger partial charge on any atom is -0.493 e. The van der Waals surface area contributed by atoms with Crippen LogP contribution >= 0.6 is 11.3 Å². The molecule has 4 rings (SSSR count). The molecule has 1 aliphatic rings. The van der Waals surface area contributed by atoms with Crippen LogP contribution < -0.4 is 9.47 Å². The second-order valence-corrected chi connectivity index (χ2v) is 8.69. The summed E-state index contributed by atoms with van der Waals surface area (Å²) < 4.78 is 17.8. The first-order valence-corrected chi connectivity index (χ1v) is 10.7. The van der Waals surface area contributed by atoms with E-state index in [2.05, 4.69) is 12.1 Å². The van der Waals surface area contributed by atoms with Crippen molar-refractivity contribution in [2.24, 2.45) is 0 Å². The number of benzene rings is 2. The number of hydrogen-bond donors (Lipinski definition) is 0. The molecule has 1 aromatic heterocycles. The summed E-state index contributed by atoms with van der Waals surface area (Å²) in [6.07, 6.45) is 3.54. The van der Waals surface area contributed by atoms with Crippen molar-refractivity contribution in [2.45, 2.75) is 45.6 Å². The van der Waals surface area contributed by atoms with Gasteiger partial charge in [0.05, 0.1) is 23.9 Å². The first-order valence-electron chi connectivity index (χ1n) is 9.88. The number of ether oxygens (including phenoxy) is 3. The van der Waals surface area contributed by atoms with Gasteiger partial charge in [-0.15, -0.1) is 11.3 Å². The number of esters is 1. The Balaban J connectivity index is 1.64. The second-order valence-electron chi connectivity index (χ2n) is 7.66. The molecule has 1 aliphatic carbocycles. The van der Waals surface area contributed by atoms with E-state index in [0.29, 0.717) is 18.1 Å². The minimum absolute atomic E-state index is 0.308. The number of aryl methyl sites for hydroxylation is 2. The number of nitrogens with zero attached hydrogens (tertiary/aromatic N) is 1. The molecule has 0 spiro atoms. The molecule has 0 unspecified atom stereocenters. The number of hydrogen-bond acceptors (Lipinski definition) is 6. The standard InChI is InChI=1S/C23H25NO4S/c1-5-27-22(25)23(2,3)28-18-10-9-16(12-19(18)26-4)21-24-17-11-14-7-6-8-15(14)13-20(17)29-21/h9-13H,5-8H2,1-4H3. The highest BCUT2D eigenvalue weighted by atomic mass is 32.1. The Bertz CT molecular complexity index is 1030. The zero-order valence-corrected chi connectivity index (χ0v) is 18.0. The fourth-order valence-corrected chi connectivity index (χ4v) is 4.63. The zero-order valence-electron chi connectivity index (χ0n) is 17.2. The van der Waals surface area contributed by atoms with Crippen molar-refractivity contribution in [1.29, 1.82) is 0 Å². The van der Waals surface area contributed by atoms with Crippen molar-refractivity contribution in [3.8, 4) is 22.1 Å². The summed E-state index contributed by atoms with van der Waals surface area (Å²) in [6, 6.07) is 10.2. The Morgan fingerprint density at radius 1 is 1.14 bits per heavy atom. The Kier molecular flexibility index (Phi) is 5.21. The third-order valence-corrected chi connectivity index (χ3v) is 6.21. The number of fused-ring (bicyclic) bond motifs is 2. The molecule has 0 amide bonds. The molecule has 1 heterocycles. The highest BCUT2D eigenvalue weighted by Gasteiger charge is 2.32. The molecule has 0 saturated heterocycles. The van der Waals surface area contributed by atoms with Gasteiger partial charge in [-0.25, -0.2) is 9.78 Å². The van der Waals surface area contributed by atoms with Crippen molar-refractivity contribution in [3.05, 3.63) is 41.5 Å². The van der Waals surface area contributed by atoms with Crippen LogP contribution in [0.3, 0.4) is 0 Å². The molecular weight excluding hydrogens is 386 g/mol. The van der Waals surface area contributed by atoms with Gasteiger partial charge >= 0.3 is 5.97 Å². The summed E-state index contributed by atoms with van der Waals surface area (Å²) >= 11 is 1.68. The molecule has 0 N–H and O–H groups in total. The maximum absolute atomic E-state index is 12.1. The van der Waals surface area contributed by atoms with E-state index in [1.54, 1.807) is 39.2 Å². The van der Waals surface area contributed by atoms with Gasteiger partial charge in [0.25, 0.3) is 0 Å². The number of aromatic nitrogens is 1. The van der Waals surface area contributed by atoms with Crippen molar-refractivity contribution in [2.75, 3.05) is 13.7 Å². The normalized spacial score (nSPS) is 13.4. The molecule has 0 aliphatic heterocycles. The fourth-order valence-electron chi connectivity index (χ4n) is 3.62. The fraction of sp³-hybridized carbons (Fsp3) is 0.391. The van der Waals surface area contributed by atoms with E-state index in [0.717, 1.165) is 28.9 Å². The second kappa shape index (κ2) is 7.67. The van der Waals surface area contributed by atoms with Gasteiger partial charge in [0.2, 0.25) is 0 Å². The molecule has 0 bridgehead atoms.